The highest BCUT2D eigenvalue weighted by Crippen LogP contribution is 2.37. The predicted molar refractivity (Wildman–Crippen MR) is 128 cm³/mol. The van der Waals surface area contributed by atoms with Gasteiger partial charge in [-0.05, 0) is 42.7 Å². The van der Waals surface area contributed by atoms with Crippen LogP contribution in [0.3, 0.4) is 0 Å². The number of hydrogen-bond donors (Lipinski definition) is 4. The molecule has 0 saturated heterocycles. The number of carboxylic acid groups (broad SMARTS) is 2. The lowest BCUT2D eigenvalue weighted by Crippen LogP contribution is -2.47. The third-order valence-electron chi connectivity index (χ3n) is 5.73. The highest BCUT2D eigenvalue weighted by atomic mass is 32.2. The van der Waals surface area contributed by atoms with Crippen LogP contribution in [-0.4, -0.2) is 54.8 Å². The molecule has 0 radical (unpaired) electrons. The Morgan fingerprint density at radius 2 is 1.71 bits per heavy atom. The first-order valence-electron chi connectivity index (χ1n) is 10.8. The van der Waals surface area contributed by atoms with Crippen molar-refractivity contribution in [2.45, 2.75) is 49.6 Å². The van der Waals surface area contributed by atoms with E-state index in [2.05, 4.69) is 5.32 Å². The number of benzene rings is 2. The molecule has 190 valence electrons. The van der Waals surface area contributed by atoms with Crippen molar-refractivity contribution in [3.8, 4) is 0 Å². The molecule has 2 atom stereocenters. The van der Waals surface area contributed by atoms with E-state index in [1.54, 1.807) is 36.4 Å². The fourth-order valence-electron chi connectivity index (χ4n) is 4.17. The van der Waals surface area contributed by atoms with Crippen LogP contribution in [0.4, 0.5) is 15.3 Å². The van der Waals surface area contributed by atoms with Crippen molar-refractivity contribution in [1.29, 1.82) is 0 Å². The van der Waals surface area contributed by atoms with Crippen LogP contribution in [0.15, 0.2) is 53.4 Å². The summed E-state index contributed by atoms with van der Waals surface area (Å²) in [6.45, 7) is 3.89. The zero-order valence-corrected chi connectivity index (χ0v) is 20.8. The number of carbonyl (C=O) groups is 2. The summed E-state index contributed by atoms with van der Waals surface area (Å²) in [5, 5.41) is 21.3. The number of sulfone groups is 1. The summed E-state index contributed by atoms with van der Waals surface area (Å²) in [6.07, 6.45) is -1.99. The summed E-state index contributed by atoms with van der Waals surface area (Å²) in [5.74, 6) is -0.0778. The molecule has 35 heavy (non-hydrogen) atoms. The third-order valence-corrected chi connectivity index (χ3v) is 9.07. The number of fused-ring (bicyclic) bond motifs is 1. The Morgan fingerprint density at radius 3 is 2.29 bits per heavy atom. The molecule has 11 nitrogen and oxygen atoms in total. The van der Waals surface area contributed by atoms with Gasteiger partial charge in [-0.1, -0.05) is 54.4 Å². The van der Waals surface area contributed by atoms with Gasteiger partial charge in [-0.25, -0.2) is 18.0 Å². The zero-order valence-electron chi connectivity index (χ0n) is 19.1. The molecule has 0 fully saturated rings. The summed E-state index contributed by atoms with van der Waals surface area (Å²) in [4.78, 5) is 22.3. The van der Waals surface area contributed by atoms with E-state index in [1.807, 2.05) is 18.6 Å². The van der Waals surface area contributed by atoms with Crippen LogP contribution < -0.4 is 10.0 Å². The van der Waals surface area contributed by atoms with E-state index in [-0.39, 0.29) is 16.3 Å². The number of imide groups is 1. The van der Waals surface area contributed by atoms with Gasteiger partial charge in [-0.3, -0.25) is 10.0 Å². The van der Waals surface area contributed by atoms with Gasteiger partial charge in [0.1, 0.15) is 0 Å². The van der Waals surface area contributed by atoms with Crippen molar-refractivity contribution in [2.24, 2.45) is 0 Å². The highest BCUT2D eigenvalue weighted by Gasteiger charge is 2.40. The van der Waals surface area contributed by atoms with Crippen molar-refractivity contribution in [3.63, 3.8) is 0 Å². The molecular weight excluding hydrogens is 498 g/mol. The lowest BCUT2D eigenvalue weighted by atomic mass is 9.91. The van der Waals surface area contributed by atoms with Gasteiger partial charge < -0.3 is 10.2 Å². The van der Waals surface area contributed by atoms with Crippen molar-refractivity contribution < 1.29 is 36.6 Å². The Kier molecular flexibility index (Phi) is 7.43. The molecule has 1 unspecified atom stereocenters. The number of unbranched alkanes of at least 4 members (excludes halogenated alkanes) is 1. The first-order valence-corrected chi connectivity index (χ1v) is 13.9. The highest BCUT2D eigenvalue weighted by molar-refractivity contribution is 7.91. The van der Waals surface area contributed by atoms with Gasteiger partial charge in [0.25, 0.3) is 0 Å². The Bertz CT molecular complexity index is 1310. The van der Waals surface area contributed by atoms with Crippen LogP contribution in [0.25, 0.3) is 0 Å². The van der Waals surface area contributed by atoms with Crippen LogP contribution >= 0.6 is 0 Å². The maximum absolute atomic E-state index is 13.2. The molecule has 13 heteroatoms. The molecule has 0 saturated carbocycles. The fraction of sp³-hybridized carbons (Fsp3) is 0.364. The minimum absolute atomic E-state index is 0.0653. The van der Waals surface area contributed by atoms with Crippen molar-refractivity contribution in [1.82, 2.24) is 9.62 Å². The molecule has 1 heterocycles. The smallest absolute Gasteiger partial charge is 0.432 e. The van der Waals surface area contributed by atoms with Crippen molar-refractivity contribution in [2.75, 3.05) is 10.5 Å². The second kappa shape index (κ2) is 9.84. The van der Waals surface area contributed by atoms with E-state index in [1.165, 1.54) is 12.1 Å². The maximum atomic E-state index is 13.2. The topological polar surface area (TPSA) is 170 Å². The van der Waals surface area contributed by atoms with E-state index in [0.29, 0.717) is 17.5 Å². The summed E-state index contributed by atoms with van der Waals surface area (Å²) in [5.41, 5.74) is 0.421. The summed E-state index contributed by atoms with van der Waals surface area (Å²) in [6, 6.07) is 12.0. The molecule has 1 aliphatic rings. The van der Waals surface area contributed by atoms with Gasteiger partial charge in [-0.15, -0.1) is 0 Å². The van der Waals surface area contributed by atoms with Crippen molar-refractivity contribution >= 4 is 37.9 Å². The largest absolute Gasteiger partial charge is 0.464 e. The summed E-state index contributed by atoms with van der Waals surface area (Å²) in [7, 11) is -8.51. The van der Waals surface area contributed by atoms with Gasteiger partial charge in [-0.2, -0.15) is 8.42 Å². The molecule has 1 aliphatic heterocycles. The quantitative estimate of drug-likeness (QED) is 0.423. The van der Waals surface area contributed by atoms with Crippen LogP contribution in [-0.2, 0) is 20.0 Å². The summed E-state index contributed by atoms with van der Waals surface area (Å²) < 4.78 is 52.0. The van der Waals surface area contributed by atoms with Crippen molar-refractivity contribution in [3.05, 3.63) is 59.7 Å². The second-order valence-electron chi connectivity index (χ2n) is 8.60. The Morgan fingerprint density at radius 1 is 1.11 bits per heavy atom. The summed E-state index contributed by atoms with van der Waals surface area (Å²) >= 11 is 0. The number of anilines is 1. The fourth-order valence-corrected chi connectivity index (χ4v) is 7.16. The average Bonchev–Trinajstić information content (AvgIpc) is 2.84. The molecule has 3 rings (SSSR count). The third kappa shape index (κ3) is 5.74. The molecule has 0 bridgehead atoms. The SMILES string of the molecule is CCCCC1(C)CS(=O)(=O)c2ccccc2[C@@H](c2ccc(NS(=O)(=O)N(C(=O)O)C(=O)O)cc2)N1. The van der Waals surface area contributed by atoms with E-state index < -0.39 is 48.1 Å². The minimum atomic E-state index is -4.92. The Hall–Kier alpha value is -3.16. The number of hydrogen-bond acceptors (Lipinski definition) is 7. The standard InChI is InChI=1S/C22H27N3O8S2/c1-3-4-13-22(2)14-34(30,31)18-8-6-5-7-17(18)19(23-22)15-9-11-16(12-10-15)24-35(32,33)25(20(26)27)21(28)29/h5-12,19,23-24H,3-4,13-14H2,1-2H3,(H,26,27)(H,28,29)/t19-,22?/m1/s1. The molecule has 2 aromatic carbocycles. The molecule has 2 amide bonds. The van der Waals surface area contributed by atoms with E-state index >= 15 is 0 Å². The second-order valence-corrected chi connectivity index (χ2v) is 12.1. The molecule has 0 aliphatic carbocycles. The molecule has 0 spiro atoms. The first-order chi connectivity index (χ1) is 16.3. The monoisotopic (exact) mass is 525 g/mol. The van der Waals surface area contributed by atoms with E-state index in [4.69, 9.17) is 10.2 Å². The number of amides is 2. The molecular formula is C22H27N3O8S2. The number of nitrogens with one attached hydrogen (secondary N) is 2. The Labute approximate surface area is 203 Å². The molecule has 0 aromatic heterocycles. The van der Waals surface area contributed by atoms with E-state index in [0.717, 1.165) is 12.8 Å². The van der Waals surface area contributed by atoms with Gasteiger partial charge in [0.2, 0.25) is 0 Å². The van der Waals surface area contributed by atoms with Gasteiger partial charge in [0, 0.05) is 5.54 Å². The zero-order chi connectivity index (χ0) is 26.0. The van der Waals surface area contributed by atoms with Crippen LogP contribution in [0, 0.1) is 0 Å². The lowest BCUT2D eigenvalue weighted by Gasteiger charge is -2.33. The first kappa shape index (κ1) is 26.4. The molecule has 4 N–H and O–H groups in total. The normalized spacial score (nSPS) is 21.4. The van der Waals surface area contributed by atoms with Crippen LogP contribution in [0.2, 0.25) is 0 Å². The van der Waals surface area contributed by atoms with Gasteiger partial charge in [0.15, 0.2) is 9.84 Å². The van der Waals surface area contributed by atoms with Crippen LogP contribution in [0.1, 0.15) is 50.3 Å². The van der Waals surface area contributed by atoms with Gasteiger partial charge in [0.05, 0.1) is 22.4 Å². The average molecular weight is 526 g/mol. The maximum Gasteiger partial charge on any atom is 0.432 e. The number of rotatable bonds is 7. The lowest BCUT2D eigenvalue weighted by molar-refractivity contribution is 0.149. The van der Waals surface area contributed by atoms with E-state index in [9.17, 15) is 26.4 Å². The Balaban J connectivity index is 2.00. The van der Waals surface area contributed by atoms with Gasteiger partial charge >= 0.3 is 22.4 Å². The molecule has 2 aromatic rings. The van der Waals surface area contributed by atoms with Crippen LogP contribution in [0.5, 0.6) is 0 Å². The minimum Gasteiger partial charge on any atom is -0.464 e. The predicted octanol–water partition coefficient (Wildman–Crippen LogP) is 3.42. The number of nitrogens with zero attached hydrogens (tertiary/aromatic N) is 1.